The second kappa shape index (κ2) is 5.51. The summed E-state index contributed by atoms with van der Waals surface area (Å²) in [5, 5.41) is 2.77. The molecule has 21 heavy (non-hydrogen) atoms. The first-order valence-electron chi connectivity index (χ1n) is 6.06. The van der Waals surface area contributed by atoms with Crippen LogP contribution in [0, 0.1) is 6.92 Å². The van der Waals surface area contributed by atoms with Crippen LogP contribution in [-0.4, -0.2) is 12.1 Å². The van der Waals surface area contributed by atoms with Crippen LogP contribution in [0.2, 0.25) is 0 Å². The van der Waals surface area contributed by atoms with Gasteiger partial charge in [0.1, 0.15) is 0 Å². The van der Waals surface area contributed by atoms with Crippen LogP contribution in [0.4, 0.5) is 30.4 Å². The molecule has 7 heteroatoms. The van der Waals surface area contributed by atoms with Crippen LogP contribution < -0.4 is 15.8 Å². The van der Waals surface area contributed by atoms with E-state index in [1.165, 1.54) is 26.2 Å². The number of pyridine rings is 1. The van der Waals surface area contributed by atoms with Crippen LogP contribution >= 0.6 is 0 Å². The number of benzene rings is 1. The molecule has 2 aromatic rings. The summed E-state index contributed by atoms with van der Waals surface area (Å²) >= 11 is 0. The van der Waals surface area contributed by atoms with Crippen molar-refractivity contribution in [3.63, 3.8) is 0 Å². The third-order valence-corrected chi connectivity index (χ3v) is 2.92. The van der Waals surface area contributed by atoms with Gasteiger partial charge in [-0.25, -0.2) is 0 Å². The van der Waals surface area contributed by atoms with Crippen LogP contribution in [0.15, 0.2) is 30.3 Å². The summed E-state index contributed by atoms with van der Waals surface area (Å²) in [4.78, 5) is 4.06. The third-order valence-electron chi connectivity index (χ3n) is 2.92. The smallest absolute Gasteiger partial charge is 0.416 e. The van der Waals surface area contributed by atoms with Gasteiger partial charge in [-0.05, 0) is 30.7 Å². The molecule has 0 unspecified atom stereocenters. The van der Waals surface area contributed by atoms with Gasteiger partial charge in [0.2, 0.25) is 5.88 Å². The highest BCUT2D eigenvalue weighted by molar-refractivity contribution is 5.69. The lowest BCUT2D eigenvalue weighted by molar-refractivity contribution is -0.138. The standard InChI is InChI=1S/C14H14F3N3O/c1-8-3-4-9(7-10(8)14(15,16)17)19-13-11(18)5-6-12(20-13)21-2/h3-7H,18H2,1-2H3,(H,19,20). The van der Waals surface area contributed by atoms with Crippen molar-refractivity contribution in [3.05, 3.63) is 41.5 Å². The van der Waals surface area contributed by atoms with Crippen LogP contribution in [0.25, 0.3) is 0 Å². The molecule has 0 radical (unpaired) electrons. The van der Waals surface area contributed by atoms with Crippen molar-refractivity contribution in [2.75, 3.05) is 18.2 Å². The number of hydrogen-bond acceptors (Lipinski definition) is 4. The summed E-state index contributed by atoms with van der Waals surface area (Å²) in [5.74, 6) is 0.557. The van der Waals surface area contributed by atoms with Gasteiger partial charge in [-0.2, -0.15) is 18.2 Å². The number of halogens is 3. The molecule has 0 amide bonds. The molecule has 0 atom stereocenters. The Balaban J connectivity index is 2.36. The van der Waals surface area contributed by atoms with E-state index in [0.717, 1.165) is 6.07 Å². The number of alkyl halides is 3. The second-order valence-electron chi connectivity index (χ2n) is 4.44. The molecule has 112 valence electrons. The summed E-state index contributed by atoms with van der Waals surface area (Å²) in [6, 6.07) is 7.08. The number of nitrogens with one attached hydrogen (secondary N) is 1. The Bertz CT molecular complexity index is 656. The predicted molar refractivity (Wildman–Crippen MR) is 74.7 cm³/mol. The van der Waals surface area contributed by atoms with Crippen molar-refractivity contribution in [3.8, 4) is 5.88 Å². The van der Waals surface area contributed by atoms with E-state index in [0.29, 0.717) is 11.6 Å². The molecule has 0 bridgehead atoms. The average Bonchev–Trinajstić information content (AvgIpc) is 2.42. The number of hydrogen-bond donors (Lipinski definition) is 2. The van der Waals surface area contributed by atoms with Gasteiger partial charge in [-0.15, -0.1) is 0 Å². The van der Waals surface area contributed by atoms with Gasteiger partial charge in [0.15, 0.2) is 5.82 Å². The Labute approximate surface area is 119 Å². The number of aryl methyl sites for hydroxylation is 1. The molecular formula is C14H14F3N3O. The summed E-state index contributed by atoms with van der Waals surface area (Å²) in [6.07, 6.45) is -4.41. The van der Waals surface area contributed by atoms with Gasteiger partial charge in [0.25, 0.3) is 0 Å². The molecule has 2 rings (SSSR count). The fraction of sp³-hybridized carbons (Fsp3) is 0.214. The Morgan fingerprint density at radius 1 is 1.19 bits per heavy atom. The molecule has 0 aliphatic rings. The monoisotopic (exact) mass is 297 g/mol. The zero-order valence-electron chi connectivity index (χ0n) is 11.5. The number of nitrogens with two attached hydrogens (primary N) is 1. The third kappa shape index (κ3) is 3.36. The Morgan fingerprint density at radius 2 is 1.90 bits per heavy atom. The Morgan fingerprint density at radius 3 is 2.52 bits per heavy atom. The molecular weight excluding hydrogens is 283 g/mol. The zero-order chi connectivity index (χ0) is 15.6. The molecule has 0 saturated carbocycles. The van der Waals surface area contributed by atoms with E-state index in [1.807, 2.05) is 0 Å². The molecule has 3 N–H and O–H groups in total. The number of nitrogen functional groups attached to an aromatic ring is 1. The van der Waals surface area contributed by atoms with E-state index in [9.17, 15) is 13.2 Å². The van der Waals surface area contributed by atoms with Crippen molar-refractivity contribution in [2.24, 2.45) is 0 Å². The molecule has 1 aromatic heterocycles. The summed E-state index contributed by atoms with van der Waals surface area (Å²) in [6.45, 7) is 1.41. The number of ether oxygens (including phenoxy) is 1. The number of methoxy groups -OCH3 is 1. The van der Waals surface area contributed by atoms with E-state index in [1.54, 1.807) is 12.1 Å². The average molecular weight is 297 g/mol. The first-order chi connectivity index (χ1) is 9.81. The summed E-state index contributed by atoms with van der Waals surface area (Å²) < 4.78 is 43.6. The summed E-state index contributed by atoms with van der Waals surface area (Å²) in [7, 11) is 1.44. The maximum atomic E-state index is 12.9. The first kappa shape index (κ1) is 15.0. The largest absolute Gasteiger partial charge is 0.481 e. The minimum atomic E-state index is -4.41. The first-order valence-corrected chi connectivity index (χ1v) is 6.06. The lowest BCUT2D eigenvalue weighted by Crippen LogP contribution is -2.08. The van der Waals surface area contributed by atoms with Crippen LogP contribution in [0.1, 0.15) is 11.1 Å². The lowest BCUT2D eigenvalue weighted by Gasteiger charge is -2.14. The fourth-order valence-corrected chi connectivity index (χ4v) is 1.81. The number of rotatable bonds is 3. The topological polar surface area (TPSA) is 60.2 Å². The van der Waals surface area contributed by atoms with Crippen molar-refractivity contribution >= 4 is 17.2 Å². The highest BCUT2D eigenvalue weighted by Crippen LogP contribution is 2.34. The molecule has 1 heterocycles. The molecule has 0 spiro atoms. The Kier molecular flexibility index (Phi) is 3.93. The molecule has 0 saturated heterocycles. The van der Waals surface area contributed by atoms with Crippen LogP contribution in [0.3, 0.4) is 0 Å². The van der Waals surface area contributed by atoms with Crippen LogP contribution in [-0.2, 0) is 6.18 Å². The fourth-order valence-electron chi connectivity index (χ4n) is 1.81. The highest BCUT2D eigenvalue weighted by atomic mass is 19.4. The van der Waals surface area contributed by atoms with E-state index in [2.05, 4.69) is 10.3 Å². The van der Waals surface area contributed by atoms with Gasteiger partial charge in [0, 0.05) is 11.8 Å². The van der Waals surface area contributed by atoms with E-state index in [4.69, 9.17) is 10.5 Å². The molecule has 0 aliphatic heterocycles. The number of nitrogens with zero attached hydrogens (tertiary/aromatic N) is 1. The van der Waals surface area contributed by atoms with E-state index < -0.39 is 11.7 Å². The van der Waals surface area contributed by atoms with Crippen molar-refractivity contribution < 1.29 is 17.9 Å². The normalized spacial score (nSPS) is 11.3. The molecule has 1 aromatic carbocycles. The van der Waals surface area contributed by atoms with Gasteiger partial charge >= 0.3 is 6.18 Å². The maximum Gasteiger partial charge on any atom is 0.416 e. The van der Waals surface area contributed by atoms with E-state index in [-0.39, 0.29) is 17.1 Å². The number of aromatic nitrogens is 1. The number of anilines is 3. The molecule has 0 aliphatic carbocycles. The quantitative estimate of drug-likeness (QED) is 0.906. The van der Waals surface area contributed by atoms with Gasteiger partial charge in [0.05, 0.1) is 18.4 Å². The van der Waals surface area contributed by atoms with Crippen molar-refractivity contribution in [1.29, 1.82) is 0 Å². The Hall–Kier alpha value is -2.44. The lowest BCUT2D eigenvalue weighted by atomic mass is 10.1. The van der Waals surface area contributed by atoms with Crippen LogP contribution in [0.5, 0.6) is 5.88 Å². The van der Waals surface area contributed by atoms with Gasteiger partial charge in [-0.1, -0.05) is 6.07 Å². The maximum absolute atomic E-state index is 12.9. The van der Waals surface area contributed by atoms with E-state index >= 15 is 0 Å². The molecule has 0 fully saturated rings. The highest BCUT2D eigenvalue weighted by Gasteiger charge is 2.32. The SMILES string of the molecule is COc1ccc(N)c(Nc2ccc(C)c(C(F)(F)F)c2)n1. The van der Waals surface area contributed by atoms with Crippen molar-refractivity contribution in [1.82, 2.24) is 4.98 Å². The second-order valence-corrected chi connectivity index (χ2v) is 4.44. The zero-order valence-corrected chi connectivity index (χ0v) is 11.5. The molecule has 4 nitrogen and oxygen atoms in total. The van der Waals surface area contributed by atoms with Gasteiger partial charge < -0.3 is 15.8 Å². The minimum absolute atomic E-state index is 0.152. The summed E-state index contributed by atoms with van der Waals surface area (Å²) in [5.41, 5.74) is 5.76. The minimum Gasteiger partial charge on any atom is -0.481 e. The van der Waals surface area contributed by atoms with Crippen molar-refractivity contribution in [2.45, 2.75) is 13.1 Å². The van der Waals surface area contributed by atoms with Gasteiger partial charge in [-0.3, -0.25) is 0 Å². The predicted octanol–water partition coefficient (Wildman–Crippen LogP) is 3.74.